The zero-order chi connectivity index (χ0) is 10.9. The number of phenolic OH excluding ortho intramolecular Hbond substituents is 2. The Morgan fingerprint density at radius 2 is 2.07 bits per heavy atom. The zero-order valence-electron chi connectivity index (χ0n) is 7.34. The summed E-state index contributed by atoms with van der Waals surface area (Å²) in [6.45, 7) is 1.57. The van der Waals surface area contributed by atoms with Crippen LogP contribution in [0.25, 0.3) is 0 Å². The number of phenols is 2. The number of carbonyl (C=O) groups is 1. The van der Waals surface area contributed by atoms with Gasteiger partial charge in [-0.3, -0.25) is 4.79 Å². The number of carbonyl (C=O) groups excluding carboxylic acids is 1. The lowest BCUT2D eigenvalue weighted by Crippen LogP contribution is -1.98. The molecule has 0 fully saturated rings. The maximum absolute atomic E-state index is 12.9. The van der Waals surface area contributed by atoms with Crippen molar-refractivity contribution in [3.63, 3.8) is 0 Å². The summed E-state index contributed by atoms with van der Waals surface area (Å²) >= 11 is 5.40. The van der Waals surface area contributed by atoms with Crippen molar-refractivity contribution in [3.05, 3.63) is 22.5 Å². The first-order valence-electron chi connectivity index (χ1n) is 3.92. The lowest BCUT2D eigenvalue weighted by atomic mass is 10.1. The smallest absolute Gasteiger partial charge is 0.174 e. The quantitative estimate of drug-likeness (QED) is 0.750. The Kier molecular flexibility index (Phi) is 2.96. The molecule has 0 bridgehead atoms. The number of hydrogen-bond acceptors (Lipinski definition) is 3. The van der Waals surface area contributed by atoms with Crippen LogP contribution in [0.4, 0.5) is 4.39 Å². The SMILES string of the molecule is CCC(=O)c1cc(F)c(O)c(Cl)c1O. The molecule has 76 valence electrons. The van der Waals surface area contributed by atoms with Crippen molar-refractivity contribution in [2.45, 2.75) is 13.3 Å². The number of halogens is 2. The summed E-state index contributed by atoms with van der Waals surface area (Å²) in [7, 11) is 0. The van der Waals surface area contributed by atoms with Gasteiger partial charge in [-0.1, -0.05) is 18.5 Å². The number of rotatable bonds is 2. The average Bonchev–Trinajstić information content (AvgIpc) is 2.19. The fourth-order valence-electron chi connectivity index (χ4n) is 1.00. The molecule has 1 aromatic rings. The van der Waals surface area contributed by atoms with Gasteiger partial charge in [-0.2, -0.15) is 0 Å². The maximum atomic E-state index is 12.9. The minimum atomic E-state index is -1.02. The second-order valence-corrected chi connectivity index (χ2v) is 3.07. The normalized spacial score (nSPS) is 10.2. The molecule has 0 radical (unpaired) electrons. The van der Waals surface area contributed by atoms with Gasteiger partial charge in [0.1, 0.15) is 10.8 Å². The lowest BCUT2D eigenvalue weighted by Gasteiger charge is -2.06. The summed E-state index contributed by atoms with van der Waals surface area (Å²) < 4.78 is 12.9. The molecule has 0 saturated heterocycles. The van der Waals surface area contributed by atoms with Crippen LogP contribution in [0.1, 0.15) is 23.7 Å². The highest BCUT2D eigenvalue weighted by molar-refractivity contribution is 6.34. The molecule has 0 aromatic heterocycles. The Hall–Kier alpha value is -1.29. The Morgan fingerprint density at radius 3 is 2.57 bits per heavy atom. The highest BCUT2D eigenvalue weighted by atomic mass is 35.5. The van der Waals surface area contributed by atoms with E-state index in [0.29, 0.717) is 0 Å². The van der Waals surface area contributed by atoms with Crippen LogP contribution in [0.15, 0.2) is 6.07 Å². The summed E-state index contributed by atoms with van der Waals surface area (Å²) in [5, 5.41) is 17.8. The van der Waals surface area contributed by atoms with Crippen LogP contribution in [0, 0.1) is 5.82 Å². The molecule has 0 saturated carbocycles. The van der Waals surface area contributed by atoms with Crippen LogP contribution in [-0.4, -0.2) is 16.0 Å². The van der Waals surface area contributed by atoms with Crippen molar-refractivity contribution in [2.24, 2.45) is 0 Å². The molecule has 2 N–H and O–H groups in total. The van der Waals surface area contributed by atoms with Gasteiger partial charge in [0.15, 0.2) is 17.3 Å². The molecule has 14 heavy (non-hydrogen) atoms. The van der Waals surface area contributed by atoms with Gasteiger partial charge in [0.05, 0.1) is 5.56 Å². The van der Waals surface area contributed by atoms with Crippen LogP contribution in [0.3, 0.4) is 0 Å². The zero-order valence-corrected chi connectivity index (χ0v) is 8.10. The first kappa shape index (κ1) is 10.8. The van der Waals surface area contributed by atoms with Gasteiger partial charge >= 0.3 is 0 Å². The van der Waals surface area contributed by atoms with Crippen molar-refractivity contribution >= 4 is 17.4 Å². The number of benzene rings is 1. The molecule has 3 nitrogen and oxygen atoms in total. The highest BCUT2D eigenvalue weighted by Gasteiger charge is 2.19. The molecule has 0 aliphatic rings. The molecule has 0 aliphatic heterocycles. The fraction of sp³-hybridized carbons (Fsp3) is 0.222. The summed E-state index contributed by atoms with van der Waals surface area (Å²) in [5.41, 5.74) is -0.215. The summed E-state index contributed by atoms with van der Waals surface area (Å²) in [6, 6.07) is 0.766. The van der Waals surface area contributed by atoms with Gasteiger partial charge in [0, 0.05) is 6.42 Å². The molecular formula is C9H8ClFO3. The first-order chi connectivity index (χ1) is 6.49. The van der Waals surface area contributed by atoms with Crippen molar-refractivity contribution in [2.75, 3.05) is 0 Å². The first-order valence-corrected chi connectivity index (χ1v) is 4.30. The summed E-state index contributed by atoms with van der Waals surface area (Å²) in [5.74, 6) is -2.90. The molecule has 1 aromatic carbocycles. The van der Waals surface area contributed by atoms with E-state index in [-0.39, 0.29) is 12.0 Å². The van der Waals surface area contributed by atoms with Gasteiger partial charge in [-0.25, -0.2) is 4.39 Å². The van der Waals surface area contributed by atoms with Crippen molar-refractivity contribution in [3.8, 4) is 11.5 Å². The van der Waals surface area contributed by atoms with Crippen LogP contribution >= 0.6 is 11.6 Å². The fourth-order valence-corrected chi connectivity index (χ4v) is 1.19. The van der Waals surface area contributed by atoms with Crippen molar-refractivity contribution in [1.29, 1.82) is 0 Å². The minimum Gasteiger partial charge on any atom is -0.505 e. The van der Waals surface area contributed by atoms with E-state index >= 15 is 0 Å². The lowest BCUT2D eigenvalue weighted by molar-refractivity contribution is 0.0985. The van der Waals surface area contributed by atoms with E-state index in [4.69, 9.17) is 16.7 Å². The van der Waals surface area contributed by atoms with Crippen molar-refractivity contribution in [1.82, 2.24) is 0 Å². The van der Waals surface area contributed by atoms with Crippen LogP contribution in [-0.2, 0) is 0 Å². The standard InChI is InChI=1S/C9H8ClFO3/c1-2-6(12)4-3-5(11)9(14)7(10)8(4)13/h3,13-14H,2H2,1H3. The van der Waals surface area contributed by atoms with E-state index in [1.54, 1.807) is 6.92 Å². The van der Waals surface area contributed by atoms with Crippen molar-refractivity contribution < 1.29 is 19.4 Å². The predicted molar refractivity (Wildman–Crippen MR) is 49.4 cm³/mol. The molecule has 0 spiro atoms. The van der Waals surface area contributed by atoms with E-state index in [9.17, 15) is 14.3 Å². The number of Topliss-reactive ketones (excluding diaryl/α,β-unsaturated/α-hetero) is 1. The van der Waals surface area contributed by atoms with E-state index < -0.39 is 28.1 Å². The third-order valence-electron chi connectivity index (χ3n) is 1.79. The molecule has 0 aliphatic carbocycles. The Bertz CT molecular complexity index is 390. The number of hydrogen-bond donors (Lipinski definition) is 2. The monoisotopic (exact) mass is 218 g/mol. The molecular weight excluding hydrogens is 211 g/mol. The van der Waals surface area contributed by atoms with Gasteiger partial charge in [-0.15, -0.1) is 0 Å². The van der Waals surface area contributed by atoms with E-state index in [1.807, 2.05) is 0 Å². The molecule has 0 atom stereocenters. The van der Waals surface area contributed by atoms with Crippen LogP contribution in [0.2, 0.25) is 5.02 Å². The van der Waals surface area contributed by atoms with Crippen LogP contribution in [0.5, 0.6) is 11.5 Å². The third kappa shape index (κ3) is 1.65. The number of aromatic hydroxyl groups is 2. The Labute approximate surface area is 84.7 Å². The van der Waals surface area contributed by atoms with E-state index in [0.717, 1.165) is 6.07 Å². The number of ketones is 1. The molecule has 0 amide bonds. The average molecular weight is 219 g/mol. The predicted octanol–water partition coefficient (Wildman–Crippen LogP) is 2.48. The largest absolute Gasteiger partial charge is 0.505 e. The third-order valence-corrected chi connectivity index (χ3v) is 2.15. The minimum absolute atomic E-state index is 0.119. The summed E-state index contributed by atoms with van der Waals surface area (Å²) in [6.07, 6.45) is 0.119. The van der Waals surface area contributed by atoms with Gasteiger partial charge in [0.25, 0.3) is 0 Å². The van der Waals surface area contributed by atoms with Gasteiger partial charge < -0.3 is 10.2 Å². The molecule has 1 rings (SSSR count). The maximum Gasteiger partial charge on any atom is 0.174 e. The molecule has 0 unspecified atom stereocenters. The molecule has 5 heteroatoms. The Morgan fingerprint density at radius 1 is 1.50 bits per heavy atom. The molecule has 0 heterocycles. The van der Waals surface area contributed by atoms with E-state index in [1.165, 1.54) is 0 Å². The highest BCUT2D eigenvalue weighted by Crippen LogP contribution is 2.37. The van der Waals surface area contributed by atoms with E-state index in [2.05, 4.69) is 0 Å². The summed E-state index contributed by atoms with van der Waals surface area (Å²) in [4.78, 5) is 11.2. The van der Waals surface area contributed by atoms with Gasteiger partial charge in [0.2, 0.25) is 0 Å². The van der Waals surface area contributed by atoms with Gasteiger partial charge in [-0.05, 0) is 6.07 Å². The second kappa shape index (κ2) is 3.84. The topological polar surface area (TPSA) is 57.5 Å². The Balaban J connectivity index is 3.40. The van der Waals surface area contributed by atoms with Crippen LogP contribution < -0.4 is 0 Å². The second-order valence-electron chi connectivity index (χ2n) is 2.69.